The van der Waals surface area contributed by atoms with Gasteiger partial charge in [-0.3, -0.25) is 0 Å². The first kappa shape index (κ1) is 13.1. The number of rotatable bonds is 4. The molecule has 0 amide bonds. The Hall–Kier alpha value is -1.31. The summed E-state index contributed by atoms with van der Waals surface area (Å²) < 4.78 is 0. The van der Waals surface area contributed by atoms with E-state index in [-0.39, 0.29) is 11.5 Å². The minimum atomic E-state index is 0.170. The number of nitrogens with zero attached hydrogens (tertiary/aromatic N) is 1. The normalized spacial score (nSPS) is 19.6. The Bertz CT molecular complexity index is 448. The van der Waals surface area contributed by atoms with Crippen molar-refractivity contribution in [1.82, 2.24) is 0 Å². The standard InChI is InChI=1S/C16H23NO/c1-12-7-5-6-8-14(12)9-10-16(3,4)15-11-13(2)17-18-15/h5-8,15H,9-11H2,1-4H3/t15-/m0/s1. The van der Waals surface area contributed by atoms with E-state index in [9.17, 15) is 0 Å². The molecule has 1 aliphatic heterocycles. The van der Waals surface area contributed by atoms with Crippen LogP contribution in [0.1, 0.15) is 44.7 Å². The van der Waals surface area contributed by atoms with Gasteiger partial charge < -0.3 is 4.84 Å². The fourth-order valence-electron chi connectivity index (χ4n) is 2.42. The molecule has 0 aliphatic carbocycles. The molecule has 1 aliphatic rings. The molecule has 1 aromatic rings. The van der Waals surface area contributed by atoms with Gasteiger partial charge in [-0.25, -0.2) is 0 Å². The third-order valence-electron chi connectivity index (χ3n) is 3.99. The van der Waals surface area contributed by atoms with Crippen LogP contribution in [0, 0.1) is 12.3 Å². The SMILES string of the molecule is CC1=NO[C@H](C(C)(C)CCc2ccccc2C)C1. The van der Waals surface area contributed by atoms with Crippen molar-refractivity contribution in [3.63, 3.8) is 0 Å². The maximum absolute atomic E-state index is 5.54. The van der Waals surface area contributed by atoms with E-state index in [0.29, 0.717) is 0 Å². The van der Waals surface area contributed by atoms with E-state index in [0.717, 1.165) is 25.0 Å². The quantitative estimate of drug-likeness (QED) is 0.782. The van der Waals surface area contributed by atoms with Crippen molar-refractivity contribution in [2.75, 3.05) is 0 Å². The highest BCUT2D eigenvalue weighted by Gasteiger charge is 2.34. The van der Waals surface area contributed by atoms with Gasteiger partial charge in [0, 0.05) is 11.8 Å². The molecule has 1 heterocycles. The van der Waals surface area contributed by atoms with E-state index >= 15 is 0 Å². The average Bonchev–Trinajstić information content (AvgIpc) is 2.76. The highest BCUT2D eigenvalue weighted by atomic mass is 16.6. The van der Waals surface area contributed by atoms with E-state index in [4.69, 9.17) is 4.84 Å². The van der Waals surface area contributed by atoms with Crippen molar-refractivity contribution in [1.29, 1.82) is 0 Å². The van der Waals surface area contributed by atoms with Crippen LogP contribution in [0.3, 0.4) is 0 Å². The molecule has 1 aromatic carbocycles. The maximum atomic E-state index is 5.54. The van der Waals surface area contributed by atoms with Gasteiger partial charge in [-0.2, -0.15) is 0 Å². The van der Waals surface area contributed by atoms with Crippen molar-refractivity contribution < 1.29 is 4.84 Å². The van der Waals surface area contributed by atoms with Gasteiger partial charge in [0.15, 0.2) is 0 Å². The summed E-state index contributed by atoms with van der Waals surface area (Å²) in [6, 6.07) is 8.63. The largest absolute Gasteiger partial charge is 0.392 e. The van der Waals surface area contributed by atoms with Crippen molar-refractivity contribution in [3.8, 4) is 0 Å². The van der Waals surface area contributed by atoms with E-state index in [1.807, 2.05) is 6.92 Å². The zero-order valence-corrected chi connectivity index (χ0v) is 11.9. The van der Waals surface area contributed by atoms with Gasteiger partial charge in [-0.1, -0.05) is 43.3 Å². The lowest BCUT2D eigenvalue weighted by Gasteiger charge is -2.29. The lowest BCUT2D eigenvalue weighted by atomic mass is 9.79. The van der Waals surface area contributed by atoms with Crippen molar-refractivity contribution in [2.45, 2.75) is 53.1 Å². The molecule has 0 N–H and O–H groups in total. The van der Waals surface area contributed by atoms with Crippen LogP contribution in [0.15, 0.2) is 29.4 Å². The van der Waals surface area contributed by atoms with Crippen LogP contribution in [-0.2, 0) is 11.3 Å². The highest BCUT2D eigenvalue weighted by molar-refractivity contribution is 5.82. The van der Waals surface area contributed by atoms with Gasteiger partial charge in [0.25, 0.3) is 0 Å². The summed E-state index contributed by atoms with van der Waals surface area (Å²) in [6.07, 6.45) is 3.45. The first-order valence-electron chi connectivity index (χ1n) is 6.73. The number of aryl methyl sites for hydroxylation is 2. The molecule has 0 unspecified atom stereocenters. The third-order valence-corrected chi connectivity index (χ3v) is 3.99. The molecule has 0 saturated carbocycles. The summed E-state index contributed by atoms with van der Waals surface area (Å²) in [6.45, 7) is 8.78. The predicted octanol–water partition coefficient (Wildman–Crippen LogP) is 4.12. The number of oxime groups is 1. The van der Waals surface area contributed by atoms with E-state index in [1.165, 1.54) is 11.1 Å². The second-order valence-corrected chi connectivity index (χ2v) is 6.04. The maximum Gasteiger partial charge on any atom is 0.137 e. The van der Waals surface area contributed by atoms with Crippen molar-refractivity contribution in [3.05, 3.63) is 35.4 Å². The monoisotopic (exact) mass is 245 g/mol. The second-order valence-electron chi connectivity index (χ2n) is 6.04. The van der Waals surface area contributed by atoms with Crippen LogP contribution in [0.4, 0.5) is 0 Å². The van der Waals surface area contributed by atoms with Crippen LogP contribution >= 0.6 is 0 Å². The molecule has 0 bridgehead atoms. The molecule has 1 atom stereocenters. The lowest BCUT2D eigenvalue weighted by Crippen LogP contribution is -2.30. The number of benzene rings is 1. The second kappa shape index (κ2) is 5.13. The zero-order valence-electron chi connectivity index (χ0n) is 11.9. The molecule has 2 nitrogen and oxygen atoms in total. The minimum Gasteiger partial charge on any atom is -0.392 e. The molecule has 2 rings (SSSR count). The summed E-state index contributed by atoms with van der Waals surface area (Å²) >= 11 is 0. The Kier molecular flexibility index (Phi) is 3.74. The van der Waals surface area contributed by atoms with E-state index < -0.39 is 0 Å². The lowest BCUT2D eigenvalue weighted by molar-refractivity contribution is -0.00486. The smallest absolute Gasteiger partial charge is 0.137 e. The van der Waals surface area contributed by atoms with Gasteiger partial charge in [-0.15, -0.1) is 0 Å². The topological polar surface area (TPSA) is 21.6 Å². The minimum absolute atomic E-state index is 0.170. The summed E-state index contributed by atoms with van der Waals surface area (Å²) in [7, 11) is 0. The fourth-order valence-corrected chi connectivity index (χ4v) is 2.42. The van der Waals surface area contributed by atoms with E-state index in [1.54, 1.807) is 0 Å². The van der Waals surface area contributed by atoms with Gasteiger partial charge in [0.1, 0.15) is 6.10 Å². The van der Waals surface area contributed by atoms with Crippen LogP contribution < -0.4 is 0 Å². The molecule has 0 aromatic heterocycles. The van der Waals surface area contributed by atoms with Crippen molar-refractivity contribution >= 4 is 5.71 Å². The Morgan fingerprint density at radius 1 is 1.28 bits per heavy atom. The average molecular weight is 245 g/mol. The Labute approximate surface area is 110 Å². The molecule has 0 saturated heterocycles. The first-order valence-corrected chi connectivity index (χ1v) is 6.73. The summed E-state index contributed by atoms with van der Waals surface area (Å²) in [4.78, 5) is 5.54. The van der Waals surface area contributed by atoms with Gasteiger partial charge in [-0.05, 0) is 37.8 Å². The number of hydrogen-bond acceptors (Lipinski definition) is 2. The Morgan fingerprint density at radius 3 is 2.61 bits per heavy atom. The molecule has 0 radical (unpaired) electrons. The molecule has 0 fully saturated rings. The summed E-state index contributed by atoms with van der Waals surface area (Å²) in [5, 5.41) is 4.07. The van der Waals surface area contributed by atoms with Crippen LogP contribution in [0.5, 0.6) is 0 Å². The molecule has 18 heavy (non-hydrogen) atoms. The van der Waals surface area contributed by atoms with Crippen molar-refractivity contribution in [2.24, 2.45) is 10.6 Å². The molecule has 0 spiro atoms. The molecule has 2 heteroatoms. The van der Waals surface area contributed by atoms with Gasteiger partial charge in [0.05, 0.1) is 5.71 Å². The Balaban J connectivity index is 1.95. The van der Waals surface area contributed by atoms with Gasteiger partial charge >= 0.3 is 0 Å². The first-order chi connectivity index (χ1) is 8.49. The molecule has 98 valence electrons. The molecular formula is C16H23NO. The van der Waals surface area contributed by atoms with Gasteiger partial charge in [0.2, 0.25) is 0 Å². The summed E-state index contributed by atoms with van der Waals surface area (Å²) in [5.74, 6) is 0. The summed E-state index contributed by atoms with van der Waals surface area (Å²) in [5.41, 5.74) is 4.11. The van der Waals surface area contributed by atoms with Crippen LogP contribution in [-0.4, -0.2) is 11.8 Å². The van der Waals surface area contributed by atoms with E-state index in [2.05, 4.69) is 50.2 Å². The third kappa shape index (κ3) is 2.92. The van der Waals surface area contributed by atoms with Crippen LogP contribution in [0.25, 0.3) is 0 Å². The molecular weight excluding hydrogens is 222 g/mol. The number of hydrogen-bond donors (Lipinski definition) is 0. The predicted molar refractivity (Wildman–Crippen MR) is 75.9 cm³/mol. The van der Waals surface area contributed by atoms with Crippen LogP contribution in [0.2, 0.25) is 0 Å². The Morgan fingerprint density at radius 2 is 2.00 bits per heavy atom. The zero-order chi connectivity index (χ0) is 13.2. The highest BCUT2D eigenvalue weighted by Crippen LogP contribution is 2.34. The fraction of sp³-hybridized carbons (Fsp3) is 0.562.